The Kier molecular flexibility index (Phi) is 2.76. The molecule has 0 aromatic heterocycles. The summed E-state index contributed by atoms with van der Waals surface area (Å²) in [6, 6.07) is 0. The zero-order valence-electron chi connectivity index (χ0n) is 7.21. The third-order valence-electron chi connectivity index (χ3n) is 1.94. The van der Waals surface area contributed by atoms with Gasteiger partial charge in [-0.05, 0) is 0 Å². The molecule has 0 bridgehead atoms. The molecule has 2 amide bonds. The Hall–Kier alpha value is -1.15. The Bertz CT molecular complexity index is 362. The molecule has 1 saturated heterocycles. The third-order valence-corrected chi connectivity index (χ3v) is 2.57. The summed E-state index contributed by atoms with van der Waals surface area (Å²) in [6.07, 6.45) is -0.0924. The number of hydrogen-bond acceptors (Lipinski definition) is 4. The molecule has 7 nitrogen and oxygen atoms in total. The molecule has 0 saturated carbocycles. The quantitative estimate of drug-likeness (QED) is 0.544. The van der Waals surface area contributed by atoms with E-state index >= 15 is 0 Å². The summed E-state index contributed by atoms with van der Waals surface area (Å²) >= 11 is 0. The molecule has 1 rings (SSSR count). The van der Waals surface area contributed by atoms with Gasteiger partial charge in [-0.25, -0.2) is 0 Å². The van der Waals surface area contributed by atoms with Gasteiger partial charge in [-0.3, -0.25) is 14.1 Å². The van der Waals surface area contributed by atoms with Crippen LogP contribution in [0.2, 0.25) is 0 Å². The predicted molar refractivity (Wildman–Crippen MR) is 45.4 cm³/mol. The van der Waals surface area contributed by atoms with E-state index in [2.05, 4.69) is 0 Å². The molecule has 1 heterocycles. The minimum absolute atomic E-state index is 0.0477. The molecule has 1 atom stereocenters. The number of likely N-dealkylation sites (tertiary alicyclic amines) is 1. The zero-order chi connectivity index (χ0) is 10.9. The van der Waals surface area contributed by atoms with Gasteiger partial charge < -0.3 is 10.6 Å². The average Bonchev–Trinajstić information content (AvgIpc) is 2.29. The first-order valence-electron chi connectivity index (χ1n) is 3.82. The summed E-state index contributed by atoms with van der Waals surface area (Å²) in [5.74, 6) is -2.58. The standard InChI is InChI=1S/C6H10N2O5S/c7-6(10)4-1-5(9)8(2-4)3-14(11,12)13/h4H,1-3H2,(H2,7,10)(H,11,12,13). The second-order valence-corrected chi connectivity index (χ2v) is 4.55. The van der Waals surface area contributed by atoms with Crippen molar-refractivity contribution < 1.29 is 22.6 Å². The van der Waals surface area contributed by atoms with Gasteiger partial charge in [0.2, 0.25) is 11.8 Å². The van der Waals surface area contributed by atoms with Gasteiger partial charge in [0.25, 0.3) is 10.1 Å². The van der Waals surface area contributed by atoms with E-state index in [9.17, 15) is 18.0 Å². The molecule has 0 aromatic rings. The SMILES string of the molecule is NC(=O)C1CC(=O)N(CS(=O)(=O)O)C1. The van der Waals surface area contributed by atoms with Gasteiger partial charge in [-0.2, -0.15) is 8.42 Å². The van der Waals surface area contributed by atoms with Gasteiger partial charge in [-0.1, -0.05) is 0 Å². The van der Waals surface area contributed by atoms with Crippen molar-refractivity contribution in [1.82, 2.24) is 4.90 Å². The van der Waals surface area contributed by atoms with Crippen LogP contribution in [0.15, 0.2) is 0 Å². The lowest BCUT2D eigenvalue weighted by Gasteiger charge is -2.12. The summed E-state index contributed by atoms with van der Waals surface area (Å²) < 4.78 is 29.4. The van der Waals surface area contributed by atoms with E-state index in [0.29, 0.717) is 0 Å². The molecule has 3 N–H and O–H groups in total. The number of nitrogens with zero attached hydrogens (tertiary/aromatic N) is 1. The van der Waals surface area contributed by atoms with Gasteiger partial charge in [0.05, 0.1) is 5.92 Å². The summed E-state index contributed by atoms with van der Waals surface area (Å²) in [5.41, 5.74) is 4.96. The van der Waals surface area contributed by atoms with Crippen molar-refractivity contribution in [3.05, 3.63) is 0 Å². The molecule has 0 aromatic carbocycles. The van der Waals surface area contributed by atoms with Crippen LogP contribution in [0.4, 0.5) is 0 Å². The van der Waals surface area contributed by atoms with E-state index in [1.165, 1.54) is 0 Å². The highest BCUT2D eigenvalue weighted by molar-refractivity contribution is 7.85. The molecule has 1 aliphatic rings. The number of amides is 2. The second kappa shape index (κ2) is 3.54. The lowest BCUT2D eigenvalue weighted by atomic mass is 10.1. The number of nitrogens with two attached hydrogens (primary N) is 1. The summed E-state index contributed by atoms with van der Waals surface area (Å²) in [5, 5.41) is 0. The zero-order valence-corrected chi connectivity index (χ0v) is 8.03. The highest BCUT2D eigenvalue weighted by Crippen LogP contribution is 2.17. The first-order valence-corrected chi connectivity index (χ1v) is 5.43. The van der Waals surface area contributed by atoms with Crippen molar-refractivity contribution in [1.29, 1.82) is 0 Å². The van der Waals surface area contributed by atoms with Crippen LogP contribution in [-0.2, 0) is 19.7 Å². The maximum Gasteiger partial charge on any atom is 0.283 e. The minimum Gasteiger partial charge on any atom is -0.369 e. The van der Waals surface area contributed by atoms with Gasteiger partial charge in [0.15, 0.2) is 0 Å². The summed E-state index contributed by atoms with van der Waals surface area (Å²) in [4.78, 5) is 22.7. The number of rotatable bonds is 3. The van der Waals surface area contributed by atoms with Crippen molar-refractivity contribution in [3.8, 4) is 0 Å². The molecule has 80 valence electrons. The summed E-state index contributed by atoms with van der Waals surface area (Å²) in [7, 11) is -4.24. The van der Waals surface area contributed by atoms with E-state index in [-0.39, 0.29) is 13.0 Å². The molecule has 8 heteroatoms. The van der Waals surface area contributed by atoms with Crippen LogP contribution >= 0.6 is 0 Å². The number of carbonyl (C=O) groups excluding carboxylic acids is 2. The van der Waals surface area contributed by atoms with E-state index in [1.807, 2.05) is 0 Å². The fraction of sp³-hybridized carbons (Fsp3) is 0.667. The minimum atomic E-state index is -4.24. The van der Waals surface area contributed by atoms with Crippen LogP contribution < -0.4 is 5.73 Å². The monoisotopic (exact) mass is 222 g/mol. The molecular formula is C6H10N2O5S. The molecule has 1 fully saturated rings. The first-order chi connectivity index (χ1) is 6.29. The Morgan fingerprint density at radius 2 is 2.21 bits per heavy atom. The van der Waals surface area contributed by atoms with Gasteiger partial charge in [0.1, 0.15) is 5.88 Å². The van der Waals surface area contributed by atoms with E-state index in [4.69, 9.17) is 10.3 Å². The Labute approximate surface area is 80.6 Å². The average molecular weight is 222 g/mol. The van der Waals surface area contributed by atoms with Crippen LogP contribution in [-0.4, -0.2) is 42.1 Å². The van der Waals surface area contributed by atoms with Crippen molar-refractivity contribution in [2.24, 2.45) is 11.7 Å². The number of carbonyl (C=O) groups is 2. The fourth-order valence-corrected chi connectivity index (χ4v) is 1.93. The molecular weight excluding hydrogens is 212 g/mol. The molecule has 1 aliphatic heterocycles. The smallest absolute Gasteiger partial charge is 0.283 e. The van der Waals surface area contributed by atoms with Crippen LogP contribution in [0.3, 0.4) is 0 Å². The Morgan fingerprint density at radius 3 is 2.57 bits per heavy atom. The highest BCUT2D eigenvalue weighted by Gasteiger charge is 2.34. The lowest BCUT2D eigenvalue weighted by molar-refractivity contribution is -0.127. The Morgan fingerprint density at radius 1 is 1.64 bits per heavy atom. The molecule has 0 radical (unpaired) electrons. The first kappa shape index (κ1) is 10.9. The van der Waals surface area contributed by atoms with Crippen molar-refractivity contribution in [3.63, 3.8) is 0 Å². The second-order valence-electron chi connectivity index (χ2n) is 3.13. The fourth-order valence-electron chi connectivity index (χ4n) is 1.28. The maximum absolute atomic E-state index is 11.1. The lowest BCUT2D eigenvalue weighted by Crippen LogP contribution is -2.32. The van der Waals surface area contributed by atoms with Crippen LogP contribution in [0.5, 0.6) is 0 Å². The predicted octanol–water partition coefficient (Wildman–Crippen LogP) is -1.83. The van der Waals surface area contributed by atoms with E-state index in [0.717, 1.165) is 4.90 Å². The summed E-state index contributed by atoms with van der Waals surface area (Å²) in [6.45, 7) is -0.0477. The van der Waals surface area contributed by atoms with Crippen LogP contribution in [0.1, 0.15) is 6.42 Å². The molecule has 1 unspecified atom stereocenters. The van der Waals surface area contributed by atoms with E-state index in [1.54, 1.807) is 0 Å². The largest absolute Gasteiger partial charge is 0.369 e. The van der Waals surface area contributed by atoms with Gasteiger partial charge in [0, 0.05) is 13.0 Å². The van der Waals surface area contributed by atoms with E-state index < -0.39 is 33.7 Å². The van der Waals surface area contributed by atoms with Crippen molar-refractivity contribution in [2.75, 3.05) is 12.4 Å². The third kappa shape index (κ3) is 2.67. The molecule has 0 aliphatic carbocycles. The van der Waals surface area contributed by atoms with Crippen molar-refractivity contribution in [2.45, 2.75) is 6.42 Å². The normalized spacial score (nSPS) is 22.8. The van der Waals surface area contributed by atoms with Crippen LogP contribution in [0.25, 0.3) is 0 Å². The van der Waals surface area contributed by atoms with Crippen LogP contribution in [0, 0.1) is 5.92 Å². The topological polar surface area (TPSA) is 118 Å². The molecule has 0 spiro atoms. The van der Waals surface area contributed by atoms with Gasteiger partial charge in [-0.15, -0.1) is 0 Å². The number of hydrogen-bond donors (Lipinski definition) is 2. The maximum atomic E-state index is 11.1. The van der Waals surface area contributed by atoms with Crippen molar-refractivity contribution >= 4 is 21.9 Å². The highest BCUT2D eigenvalue weighted by atomic mass is 32.2. The molecule has 14 heavy (non-hydrogen) atoms. The van der Waals surface area contributed by atoms with Gasteiger partial charge >= 0.3 is 0 Å². The number of primary amides is 1. The Balaban J connectivity index is 2.67.